The van der Waals surface area contributed by atoms with Gasteiger partial charge in [0, 0.05) is 5.69 Å². The van der Waals surface area contributed by atoms with Crippen molar-refractivity contribution in [2.75, 3.05) is 4.72 Å². The van der Waals surface area contributed by atoms with Gasteiger partial charge in [-0.3, -0.25) is 4.72 Å². The smallest absolute Gasteiger partial charge is 0.248 e. The first-order valence-electron chi connectivity index (χ1n) is 4.60. The van der Waals surface area contributed by atoms with E-state index in [1.807, 2.05) is 0 Å². The molecule has 0 radical (unpaired) electrons. The number of aliphatic hydroxyl groups is 1. The van der Waals surface area contributed by atoms with Crippen molar-refractivity contribution < 1.29 is 13.5 Å². The summed E-state index contributed by atoms with van der Waals surface area (Å²) >= 11 is 0. The van der Waals surface area contributed by atoms with E-state index in [1.54, 1.807) is 24.3 Å². The van der Waals surface area contributed by atoms with Gasteiger partial charge in [-0.2, -0.15) is 5.26 Å². The third kappa shape index (κ3) is 2.95. The topological polar surface area (TPSA) is 90.2 Å². The second-order valence-corrected chi connectivity index (χ2v) is 5.28. The van der Waals surface area contributed by atoms with E-state index >= 15 is 0 Å². The third-order valence-corrected chi connectivity index (χ3v) is 3.57. The Morgan fingerprint density at radius 1 is 1.56 bits per heavy atom. The fraction of sp³-hybridized carbons (Fsp3) is 0.300. The highest BCUT2D eigenvalue weighted by molar-refractivity contribution is 7.93. The van der Waals surface area contributed by atoms with Crippen LogP contribution in [0.2, 0.25) is 0 Å². The molecule has 0 aliphatic rings. The molecule has 2 N–H and O–H groups in total. The first-order chi connectivity index (χ1) is 7.49. The third-order valence-electron chi connectivity index (χ3n) is 2.02. The van der Waals surface area contributed by atoms with E-state index in [2.05, 4.69) is 4.72 Å². The highest BCUT2D eigenvalue weighted by Crippen LogP contribution is 2.14. The number of nitrogens with one attached hydrogen (secondary N) is 1. The lowest BCUT2D eigenvalue weighted by Gasteiger charge is -2.09. The number of aliphatic hydroxyl groups excluding tert-OH is 1. The van der Waals surface area contributed by atoms with Gasteiger partial charge >= 0.3 is 0 Å². The molecule has 0 amide bonds. The molecule has 0 spiro atoms. The first kappa shape index (κ1) is 12.5. The van der Waals surface area contributed by atoms with Crippen molar-refractivity contribution in [1.29, 1.82) is 5.26 Å². The SMILES string of the molecule is CC(C#N)S(=O)(=O)Nc1cccc(CO)c1. The summed E-state index contributed by atoms with van der Waals surface area (Å²) in [6.45, 7) is 1.14. The van der Waals surface area contributed by atoms with Crippen molar-refractivity contribution in [1.82, 2.24) is 0 Å². The monoisotopic (exact) mass is 240 g/mol. The van der Waals surface area contributed by atoms with Crippen molar-refractivity contribution in [3.63, 3.8) is 0 Å². The van der Waals surface area contributed by atoms with Crippen molar-refractivity contribution in [2.45, 2.75) is 18.8 Å². The summed E-state index contributed by atoms with van der Waals surface area (Å²) in [5.74, 6) is 0. The van der Waals surface area contributed by atoms with E-state index in [4.69, 9.17) is 10.4 Å². The molecule has 0 aliphatic carbocycles. The van der Waals surface area contributed by atoms with Gasteiger partial charge in [-0.1, -0.05) is 12.1 Å². The van der Waals surface area contributed by atoms with Crippen LogP contribution in [0.5, 0.6) is 0 Å². The number of rotatable bonds is 4. The summed E-state index contributed by atoms with van der Waals surface area (Å²) in [5.41, 5.74) is 0.943. The van der Waals surface area contributed by atoms with Crippen LogP contribution in [-0.2, 0) is 16.6 Å². The Labute approximate surface area is 94.4 Å². The van der Waals surface area contributed by atoms with E-state index in [9.17, 15) is 8.42 Å². The van der Waals surface area contributed by atoms with E-state index in [0.717, 1.165) is 0 Å². The molecule has 86 valence electrons. The van der Waals surface area contributed by atoms with Gasteiger partial charge in [0.2, 0.25) is 10.0 Å². The number of benzene rings is 1. The van der Waals surface area contributed by atoms with Gasteiger partial charge in [-0.25, -0.2) is 8.42 Å². The molecule has 0 bridgehead atoms. The minimum absolute atomic E-state index is 0.163. The van der Waals surface area contributed by atoms with Gasteiger partial charge in [-0.05, 0) is 24.6 Å². The van der Waals surface area contributed by atoms with Crippen molar-refractivity contribution in [3.8, 4) is 6.07 Å². The average molecular weight is 240 g/mol. The number of hydrogen-bond donors (Lipinski definition) is 2. The second kappa shape index (κ2) is 4.96. The molecule has 0 saturated heterocycles. The van der Waals surface area contributed by atoms with E-state index in [1.165, 1.54) is 13.0 Å². The summed E-state index contributed by atoms with van der Waals surface area (Å²) in [6, 6.07) is 8.02. The van der Waals surface area contributed by atoms with E-state index in [0.29, 0.717) is 11.3 Å². The standard InChI is InChI=1S/C10H12N2O3S/c1-8(6-11)16(14,15)12-10-4-2-3-9(5-10)7-13/h2-5,8,12-13H,7H2,1H3. The molecular formula is C10H12N2O3S. The molecule has 0 aliphatic heterocycles. The summed E-state index contributed by atoms with van der Waals surface area (Å²) in [4.78, 5) is 0. The van der Waals surface area contributed by atoms with E-state index in [-0.39, 0.29) is 6.61 Å². The Bertz CT molecular complexity index is 505. The summed E-state index contributed by atoms with van der Waals surface area (Å²) < 4.78 is 25.4. The van der Waals surface area contributed by atoms with Crippen LogP contribution in [0.1, 0.15) is 12.5 Å². The van der Waals surface area contributed by atoms with Gasteiger partial charge in [0.25, 0.3) is 0 Å². The summed E-state index contributed by atoms with van der Waals surface area (Å²) in [6.07, 6.45) is 0. The molecule has 0 fully saturated rings. The number of hydrogen-bond acceptors (Lipinski definition) is 4. The van der Waals surface area contributed by atoms with Crippen LogP contribution >= 0.6 is 0 Å². The minimum Gasteiger partial charge on any atom is -0.392 e. The number of sulfonamides is 1. The van der Waals surface area contributed by atoms with Gasteiger partial charge in [0.1, 0.15) is 0 Å². The molecule has 1 atom stereocenters. The maximum absolute atomic E-state index is 11.5. The number of nitrogens with zero attached hydrogens (tertiary/aromatic N) is 1. The van der Waals surface area contributed by atoms with Crippen LogP contribution < -0.4 is 4.72 Å². The zero-order valence-electron chi connectivity index (χ0n) is 8.71. The highest BCUT2D eigenvalue weighted by Gasteiger charge is 2.19. The lowest BCUT2D eigenvalue weighted by Crippen LogP contribution is -2.23. The second-order valence-electron chi connectivity index (χ2n) is 3.28. The van der Waals surface area contributed by atoms with Gasteiger partial charge < -0.3 is 5.11 Å². The van der Waals surface area contributed by atoms with Crippen LogP contribution in [-0.4, -0.2) is 18.8 Å². The van der Waals surface area contributed by atoms with Crippen molar-refractivity contribution in [2.24, 2.45) is 0 Å². The molecule has 1 aromatic carbocycles. The Hall–Kier alpha value is -1.58. The maximum Gasteiger partial charge on any atom is 0.248 e. The van der Waals surface area contributed by atoms with Gasteiger partial charge in [0.05, 0.1) is 12.7 Å². The molecule has 0 aromatic heterocycles. The fourth-order valence-corrected chi connectivity index (χ4v) is 1.83. The number of nitriles is 1. The molecule has 5 nitrogen and oxygen atoms in total. The molecule has 1 rings (SSSR count). The van der Waals surface area contributed by atoms with Crippen molar-refractivity contribution >= 4 is 15.7 Å². The highest BCUT2D eigenvalue weighted by atomic mass is 32.2. The van der Waals surface area contributed by atoms with Crippen molar-refractivity contribution in [3.05, 3.63) is 29.8 Å². The zero-order valence-corrected chi connectivity index (χ0v) is 9.53. The zero-order chi connectivity index (χ0) is 12.2. The average Bonchev–Trinajstić information content (AvgIpc) is 2.27. The van der Waals surface area contributed by atoms with Gasteiger partial charge in [0.15, 0.2) is 5.25 Å². The van der Waals surface area contributed by atoms with Crippen LogP contribution in [0.15, 0.2) is 24.3 Å². The lowest BCUT2D eigenvalue weighted by atomic mass is 10.2. The van der Waals surface area contributed by atoms with Crippen LogP contribution in [0.3, 0.4) is 0 Å². The van der Waals surface area contributed by atoms with E-state index < -0.39 is 15.3 Å². The Kier molecular flexibility index (Phi) is 3.88. The Morgan fingerprint density at radius 3 is 2.81 bits per heavy atom. The molecule has 0 saturated carbocycles. The normalized spacial score (nSPS) is 12.8. The Morgan fingerprint density at radius 2 is 2.25 bits per heavy atom. The molecule has 16 heavy (non-hydrogen) atoms. The molecule has 0 heterocycles. The predicted molar refractivity (Wildman–Crippen MR) is 60.0 cm³/mol. The van der Waals surface area contributed by atoms with Crippen LogP contribution in [0, 0.1) is 11.3 Å². The van der Waals surface area contributed by atoms with Crippen LogP contribution in [0.4, 0.5) is 5.69 Å². The minimum atomic E-state index is -3.68. The number of anilines is 1. The quantitative estimate of drug-likeness (QED) is 0.815. The van der Waals surface area contributed by atoms with Crippen LogP contribution in [0.25, 0.3) is 0 Å². The molecule has 1 aromatic rings. The lowest BCUT2D eigenvalue weighted by molar-refractivity contribution is 0.282. The molecule has 6 heteroatoms. The largest absolute Gasteiger partial charge is 0.392 e. The Balaban J connectivity index is 2.93. The fourth-order valence-electron chi connectivity index (χ4n) is 1.06. The summed E-state index contributed by atoms with van der Waals surface area (Å²) in [5, 5.41) is 16.3. The molecular weight excluding hydrogens is 228 g/mol. The van der Waals surface area contributed by atoms with Gasteiger partial charge in [-0.15, -0.1) is 0 Å². The summed E-state index contributed by atoms with van der Waals surface area (Å²) in [7, 11) is -3.68. The predicted octanol–water partition coefficient (Wildman–Crippen LogP) is 0.833. The molecule has 1 unspecified atom stereocenters. The maximum atomic E-state index is 11.5. The first-order valence-corrected chi connectivity index (χ1v) is 6.15.